The summed E-state index contributed by atoms with van der Waals surface area (Å²) < 4.78 is 34.3. The summed E-state index contributed by atoms with van der Waals surface area (Å²) in [6.45, 7) is 5.60. The number of carbonyl (C=O) groups is 2. The fourth-order valence-corrected chi connectivity index (χ4v) is 5.15. The minimum atomic E-state index is -3.97. The van der Waals surface area contributed by atoms with Gasteiger partial charge in [0.05, 0.1) is 34.6 Å². The van der Waals surface area contributed by atoms with E-state index >= 15 is 0 Å². The highest BCUT2D eigenvalue weighted by Crippen LogP contribution is 2.25. The first kappa shape index (κ1) is 25.7. The maximum Gasteiger partial charge on any atom is 0.262 e. The number of hydrogen-bond acceptors (Lipinski definition) is 5. The number of hydrogen-bond donors (Lipinski definition) is 3. The molecular weight excluding hydrogens is 490 g/mol. The molecule has 0 spiro atoms. The van der Waals surface area contributed by atoms with Gasteiger partial charge in [-0.05, 0) is 79.9 Å². The van der Waals surface area contributed by atoms with E-state index in [4.69, 9.17) is 4.42 Å². The van der Waals surface area contributed by atoms with Crippen molar-refractivity contribution in [1.82, 2.24) is 5.32 Å². The van der Waals surface area contributed by atoms with Crippen LogP contribution in [-0.2, 0) is 16.6 Å². The average Bonchev–Trinajstić information content (AvgIpc) is 3.39. The molecule has 0 atom stereocenters. The van der Waals surface area contributed by atoms with E-state index in [9.17, 15) is 18.0 Å². The Kier molecular flexibility index (Phi) is 7.45. The first-order valence-electron chi connectivity index (χ1n) is 11.6. The number of nitrogens with one attached hydrogen (secondary N) is 3. The van der Waals surface area contributed by atoms with E-state index in [0.717, 1.165) is 11.1 Å². The normalized spacial score (nSPS) is 11.1. The van der Waals surface area contributed by atoms with Crippen LogP contribution in [0.15, 0.2) is 88.4 Å². The van der Waals surface area contributed by atoms with E-state index in [2.05, 4.69) is 15.4 Å². The van der Waals surface area contributed by atoms with Crippen molar-refractivity contribution >= 4 is 33.2 Å². The largest absolute Gasteiger partial charge is 0.467 e. The summed E-state index contributed by atoms with van der Waals surface area (Å²) in [5.41, 5.74) is 3.44. The van der Waals surface area contributed by atoms with Crippen LogP contribution in [0.2, 0.25) is 0 Å². The second-order valence-electron chi connectivity index (χ2n) is 8.59. The zero-order valence-electron chi connectivity index (χ0n) is 20.7. The van der Waals surface area contributed by atoms with Crippen molar-refractivity contribution < 1.29 is 22.4 Å². The van der Waals surface area contributed by atoms with Gasteiger partial charge in [0.1, 0.15) is 5.76 Å². The van der Waals surface area contributed by atoms with E-state index < -0.39 is 21.8 Å². The topological polar surface area (TPSA) is 118 Å². The van der Waals surface area contributed by atoms with E-state index in [1.807, 2.05) is 19.9 Å². The van der Waals surface area contributed by atoms with Gasteiger partial charge in [-0.2, -0.15) is 0 Å². The van der Waals surface area contributed by atoms with Gasteiger partial charge in [0, 0.05) is 5.56 Å². The molecule has 2 amide bonds. The van der Waals surface area contributed by atoms with Crippen LogP contribution in [0.1, 0.15) is 43.2 Å². The summed E-state index contributed by atoms with van der Waals surface area (Å²) in [6, 6.07) is 19.9. The molecule has 4 rings (SSSR count). The van der Waals surface area contributed by atoms with Crippen LogP contribution in [0.25, 0.3) is 0 Å². The Bertz CT molecular complexity index is 1560. The summed E-state index contributed by atoms with van der Waals surface area (Å²) in [6.07, 6.45) is 1.52. The lowest BCUT2D eigenvalue weighted by atomic mass is 10.1. The maximum absolute atomic E-state index is 13.2. The molecule has 8 nitrogen and oxygen atoms in total. The lowest BCUT2D eigenvalue weighted by Gasteiger charge is -2.15. The van der Waals surface area contributed by atoms with Crippen LogP contribution in [0.5, 0.6) is 0 Å². The van der Waals surface area contributed by atoms with Gasteiger partial charge < -0.3 is 15.1 Å². The van der Waals surface area contributed by atoms with E-state index in [1.54, 1.807) is 67.6 Å². The zero-order valence-corrected chi connectivity index (χ0v) is 21.5. The number of para-hydroxylation sites is 1. The molecule has 9 heteroatoms. The van der Waals surface area contributed by atoms with Gasteiger partial charge in [0.2, 0.25) is 0 Å². The average molecular weight is 518 g/mol. The SMILES string of the molecule is Cc1ccc(C(=O)Nc2ccccc2C(=O)NCc2ccco2)cc1S(=O)(=O)Nc1cccc(C)c1C. The van der Waals surface area contributed by atoms with E-state index in [1.165, 1.54) is 12.3 Å². The van der Waals surface area contributed by atoms with Crippen molar-refractivity contribution in [2.45, 2.75) is 32.2 Å². The number of benzene rings is 3. The van der Waals surface area contributed by atoms with E-state index in [0.29, 0.717) is 22.7 Å². The van der Waals surface area contributed by atoms with E-state index in [-0.39, 0.29) is 22.6 Å². The number of aryl methyl sites for hydroxylation is 2. The van der Waals surface area contributed by atoms with Crippen LogP contribution in [0.4, 0.5) is 11.4 Å². The number of anilines is 2. The van der Waals surface area contributed by atoms with Gasteiger partial charge in [-0.15, -0.1) is 0 Å². The Morgan fingerprint density at radius 1 is 0.811 bits per heavy atom. The Balaban J connectivity index is 1.55. The minimum Gasteiger partial charge on any atom is -0.467 e. The first-order valence-corrected chi connectivity index (χ1v) is 13.0. The van der Waals surface area contributed by atoms with Crippen molar-refractivity contribution in [3.8, 4) is 0 Å². The fraction of sp³-hybridized carbons (Fsp3) is 0.143. The molecule has 0 aliphatic heterocycles. The summed E-state index contributed by atoms with van der Waals surface area (Å²) in [5, 5.41) is 5.48. The zero-order chi connectivity index (χ0) is 26.6. The second kappa shape index (κ2) is 10.7. The number of furan rings is 1. The van der Waals surface area contributed by atoms with Gasteiger partial charge in [0.15, 0.2) is 0 Å². The summed E-state index contributed by atoms with van der Waals surface area (Å²) in [5.74, 6) is -0.343. The molecule has 37 heavy (non-hydrogen) atoms. The molecule has 4 aromatic rings. The Morgan fingerprint density at radius 2 is 1.57 bits per heavy atom. The summed E-state index contributed by atoms with van der Waals surface area (Å²) >= 11 is 0. The predicted molar refractivity (Wildman–Crippen MR) is 142 cm³/mol. The molecule has 0 radical (unpaired) electrons. The molecule has 1 aromatic heterocycles. The van der Waals surface area contributed by atoms with Gasteiger partial charge >= 0.3 is 0 Å². The maximum atomic E-state index is 13.2. The first-order chi connectivity index (χ1) is 17.7. The van der Waals surface area contributed by atoms with Crippen molar-refractivity contribution in [3.63, 3.8) is 0 Å². The minimum absolute atomic E-state index is 0.00877. The molecule has 0 aliphatic carbocycles. The second-order valence-corrected chi connectivity index (χ2v) is 10.2. The molecule has 0 bridgehead atoms. The number of amides is 2. The number of carbonyl (C=O) groups excluding carboxylic acids is 2. The third kappa shape index (κ3) is 5.90. The quantitative estimate of drug-likeness (QED) is 0.297. The Labute approximate surface area is 215 Å². The smallest absolute Gasteiger partial charge is 0.262 e. The van der Waals surface area contributed by atoms with Gasteiger partial charge in [0.25, 0.3) is 21.8 Å². The third-order valence-corrected chi connectivity index (χ3v) is 7.52. The Hall–Kier alpha value is -4.37. The summed E-state index contributed by atoms with van der Waals surface area (Å²) in [7, 11) is -3.97. The third-order valence-electron chi connectivity index (χ3n) is 6.01. The molecule has 1 heterocycles. The molecule has 0 saturated carbocycles. The van der Waals surface area contributed by atoms with Crippen LogP contribution >= 0.6 is 0 Å². The monoisotopic (exact) mass is 517 g/mol. The molecular formula is C28H27N3O5S. The molecule has 0 unspecified atom stereocenters. The molecule has 190 valence electrons. The number of sulfonamides is 1. The van der Waals surface area contributed by atoms with Crippen molar-refractivity contribution in [3.05, 3.63) is 113 Å². The van der Waals surface area contributed by atoms with Crippen LogP contribution in [0, 0.1) is 20.8 Å². The lowest BCUT2D eigenvalue weighted by molar-refractivity contribution is 0.0949. The molecule has 3 N–H and O–H groups in total. The molecule has 0 fully saturated rings. The van der Waals surface area contributed by atoms with Gasteiger partial charge in [-0.3, -0.25) is 14.3 Å². The van der Waals surface area contributed by atoms with Gasteiger partial charge in [-0.25, -0.2) is 8.42 Å². The van der Waals surface area contributed by atoms with Crippen molar-refractivity contribution in [2.24, 2.45) is 0 Å². The number of rotatable bonds is 8. The summed E-state index contributed by atoms with van der Waals surface area (Å²) in [4.78, 5) is 25.8. The van der Waals surface area contributed by atoms with Crippen LogP contribution < -0.4 is 15.4 Å². The fourth-order valence-electron chi connectivity index (χ4n) is 3.75. The molecule has 0 aliphatic rings. The standard InChI is InChI=1S/C28H27N3O5S/c1-18-8-6-12-24(20(18)3)31-37(34,35)26-16-21(14-13-19(26)2)27(32)30-25-11-5-4-10-23(25)28(33)29-17-22-9-7-15-36-22/h4-16,31H,17H2,1-3H3,(H,29,33)(H,30,32). The highest BCUT2D eigenvalue weighted by molar-refractivity contribution is 7.92. The van der Waals surface area contributed by atoms with Crippen molar-refractivity contribution in [2.75, 3.05) is 10.0 Å². The molecule has 0 saturated heterocycles. The molecule has 3 aromatic carbocycles. The highest BCUT2D eigenvalue weighted by Gasteiger charge is 2.21. The Morgan fingerprint density at radius 3 is 2.32 bits per heavy atom. The predicted octanol–water partition coefficient (Wildman–Crippen LogP) is 5.19. The highest BCUT2D eigenvalue weighted by atomic mass is 32.2. The van der Waals surface area contributed by atoms with Crippen molar-refractivity contribution in [1.29, 1.82) is 0 Å². The van der Waals surface area contributed by atoms with Crippen LogP contribution in [-0.4, -0.2) is 20.2 Å². The van der Waals surface area contributed by atoms with Gasteiger partial charge in [-0.1, -0.05) is 30.3 Å². The lowest BCUT2D eigenvalue weighted by Crippen LogP contribution is -2.24. The van der Waals surface area contributed by atoms with Crippen LogP contribution in [0.3, 0.4) is 0 Å².